The van der Waals surface area contributed by atoms with E-state index in [1.807, 2.05) is 0 Å². The quantitative estimate of drug-likeness (QED) is 0.197. The number of hydrogen-bond donors (Lipinski definition) is 2. The Bertz CT molecular complexity index is 1200. The van der Waals surface area contributed by atoms with E-state index in [0.717, 1.165) is 18.8 Å². The van der Waals surface area contributed by atoms with Gasteiger partial charge < -0.3 is 14.3 Å². The fourth-order valence-corrected chi connectivity index (χ4v) is 15.5. The van der Waals surface area contributed by atoms with Crippen LogP contribution in [0.4, 0.5) is 0 Å². The molecule has 4 unspecified atom stereocenters. The molecule has 5 aliphatic rings. The van der Waals surface area contributed by atoms with Gasteiger partial charge in [0.15, 0.2) is 16.6 Å². The standard InChI is InChI=1S/C42H78O3Si2/c1-29(2)30-18-23-42(28-43)27-26-40(10)31(35(30)42)16-17-33-38(8)21-20-34(45-47(14,15)36(3,4)5)39(9,32(38)19-22-41(33,40)11)25-24-37(6,7)46(12,13)44/h30-35,43-44H,1,16-28H2,2-15H3/t30-,31?,32?,33?,34-,35?,38-,39-,40+,41+,42+/m0/s1. The van der Waals surface area contributed by atoms with E-state index in [-0.39, 0.29) is 20.9 Å². The average Bonchev–Trinajstić information content (AvgIpc) is 3.33. The Morgan fingerprint density at radius 1 is 0.809 bits per heavy atom. The molecule has 0 heterocycles. The second-order valence-corrected chi connectivity index (χ2v) is 31.3. The molecule has 0 saturated heterocycles. The van der Waals surface area contributed by atoms with Crippen LogP contribution >= 0.6 is 0 Å². The van der Waals surface area contributed by atoms with Crippen molar-refractivity contribution in [1.29, 1.82) is 0 Å². The summed E-state index contributed by atoms with van der Waals surface area (Å²) >= 11 is 0. The molecule has 0 aliphatic heterocycles. The molecule has 0 aromatic rings. The highest BCUT2D eigenvalue weighted by atomic mass is 28.4. The maximum Gasteiger partial charge on any atom is 0.192 e. The molecule has 0 amide bonds. The van der Waals surface area contributed by atoms with E-state index in [4.69, 9.17) is 4.43 Å². The molecule has 3 nitrogen and oxygen atoms in total. The predicted octanol–water partition coefficient (Wildman–Crippen LogP) is 11.8. The first kappa shape index (κ1) is 38.3. The second-order valence-electron chi connectivity index (χ2n) is 22.1. The Morgan fingerprint density at radius 2 is 1.45 bits per heavy atom. The monoisotopic (exact) mass is 687 g/mol. The van der Waals surface area contributed by atoms with Gasteiger partial charge in [-0.25, -0.2) is 0 Å². The van der Waals surface area contributed by atoms with Crippen molar-refractivity contribution in [3.8, 4) is 0 Å². The number of aliphatic hydroxyl groups excluding tert-OH is 1. The number of fused-ring (bicyclic) bond motifs is 7. The highest BCUT2D eigenvalue weighted by Crippen LogP contribution is 2.78. The van der Waals surface area contributed by atoms with Crippen LogP contribution < -0.4 is 0 Å². The SMILES string of the molecule is C=C(C)[C@@H]1CC[C@]2(CO)CC[C@]3(C)C(CCC4[C@@]5(C)CC[C@H](O[Si](C)(C)C(C)(C)C)[C@@](C)(CCC(C)(C)[Si](C)(C)O)C5CC[C@]43C)C12. The number of allylic oxidation sites excluding steroid dienone is 1. The molecule has 5 aliphatic carbocycles. The summed E-state index contributed by atoms with van der Waals surface area (Å²) in [7, 11) is -4.29. The van der Waals surface area contributed by atoms with Crippen molar-refractivity contribution in [3.05, 3.63) is 12.2 Å². The lowest BCUT2D eigenvalue weighted by molar-refractivity contribution is -0.251. The van der Waals surface area contributed by atoms with Crippen LogP contribution in [0.5, 0.6) is 0 Å². The largest absolute Gasteiger partial charge is 0.432 e. The minimum absolute atomic E-state index is 0.0253. The summed E-state index contributed by atoms with van der Waals surface area (Å²) < 4.78 is 7.53. The maximum absolute atomic E-state index is 11.4. The van der Waals surface area contributed by atoms with Gasteiger partial charge in [0.25, 0.3) is 0 Å². The smallest absolute Gasteiger partial charge is 0.192 e. The summed E-state index contributed by atoms with van der Waals surface area (Å²) in [6.07, 6.45) is 15.2. The van der Waals surface area contributed by atoms with Gasteiger partial charge in [-0.1, -0.05) is 74.5 Å². The topological polar surface area (TPSA) is 49.7 Å². The van der Waals surface area contributed by atoms with Gasteiger partial charge in [0.2, 0.25) is 0 Å². The summed E-state index contributed by atoms with van der Waals surface area (Å²) in [5.41, 5.74) is 2.52. The molecule has 5 rings (SSSR count). The molecule has 2 N–H and O–H groups in total. The third-order valence-corrected chi connectivity index (χ3v) is 26.5. The van der Waals surface area contributed by atoms with E-state index < -0.39 is 16.6 Å². The van der Waals surface area contributed by atoms with Gasteiger partial charge in [0, 0.05) is 6.61 Å². The number of hydrogen-bond acceptors (Lipinski definition) is 3. The zero-order valence-corrected chi connectivity index (χ0v) is 35.7. The normalized spacial score (nSPS) is 45.9. The Hall–Kier alpha value is 0.0538. The molecule has 272 valence electrons. The van der Waals surface area contributed by atoms with E-state index >= 15 is 0 Å². The lowest BCUT2D eigenvalue weighted by Crippen LogP contribution is -2.67. The van der Waals surface area contributed by atoms with Crippen molar-refractivity contribution >= 4 is 16.6 Å². The van der Waals surface area contributed by atoms with Crippen molar-refractivity contribution in [2.24, 2.45) is 56.7 Å². The third kappa shape index (κ3) is 5.62. The molecule has 0 bridgehead atoms. The first-order chi connectivity index (χ1) is 21.3. The van der Waals surface area contributed by atoms with Gasteiger partial charge >= 0.3 is 0 Å². The van der Waals surface area contributed by atoms with Gasteiger partial charge in [-0.3, -0.25) is 0 Å². The van der Waals surface area contributed by atoms with Crippen LogP contribution in [0.2, 0.25) is 36.3 Å². The summed E-state index contributed by atoms with van der Waals surface area (Å²) in [5, 5.41) is 11.1. The van der Waals surface area contributed by atoms with E-state index in [0.29, 0.717) is 52.6 Å². The second kappa shape index (κ2) is 11.8. The van der Waals surface area contributed by atoms with Gasteiger partial charge in [-0.05, 0) is 177 Å². The Morgan fingerprint density at radius 3 is 2.00 bits per heavy atom. The van der Waals surface area contributed by atoms with E-state index in [1.165, 1.54) is 69.8 Å². The predicted molar refractivity (Wildman–Crippen MR) is 205 cm³/mol. The zero-order chi connectivity index (χ0) is 35.4. The van der Waals surface area contributed by atoms with Crippen molar-refractivity contribution in [2.45, 2.75) is 189 Å². The molecule has 0 aromatic heterocycles. The average molecular weight is 687 g/mol. The van der Waals surface area contributed by atoms with Crippen LogP contribution in [0.25, 0.3) is 0 Å². The summed E-state index contributed by atoms with van der Waals surface area (Å²) in [5.74, 6) is 3.24. The fraction of sp³-hybridized carbons (Fsp3) is 0.952. The third-order valence-electron chi connectivity index (χ3n) is 18.5. The molecular weight excluding hydrogens is 609 g/mol. The van der Waals surface area contributed by atoms with Gasteiger partial charge in [-0.15, -0.1) is 0 Å². The molecule has 47 heavy (non-hydrogen) atoms. The molecule has 0 aromatic carbocycles. The molecule has 5 heteroatoms. The molecule has 0 radical (unpaired) electrons. The lowest BCUT2D eigenvalue weighted by atomic mass is 9.32. The number of rotatable bonds is 8. The van der Waals surface area contributed by atoms with Crippen LogP contribution in [0.1, 0.15) is 146 Å². The Kier molecular flexibility index (Phi) is 9.60. The molecule has 11 atom stereocenters. The molecule has 5 saturated carbocycles. The minimum atomic E-state index is -2.32. The highest BCUT2D eigenvalue weighted by Gasteiger charge is 2.71. The summed E-state index contributed by atoms with van der Waals surface area (Å²) in [6.45, 7) is 39.1. The van der Waals surface area contributed by atoms with E-state index in [9.17, 15) is 9.90 Å². The molecular formula is C42H78O3Si2. The van der Waals surface area contributed by atoms with Gasteiger partial charge in [0.1, 0.15) is 0 Å². The highest BCUT2D eigenvalue weighted by molar-refractivity contribution is 6.74. The van der Waals surface area contributed by atoms with Crippen molar-refractivity contribution < 1.29 is 14.3 Å². The summed E-state index contributed by atoms with van der Waals surface area (Å²) in [6, 6.07) is 0. The van der Waals surface area contributed by atoms with Crippen LogP contribution in [0.15, 0.2) is 12.2 Å². The molecule has 0 spiro atoms. The van der Waals surface area contributed by atoms with E-state index in [2.05, 4.69) is 102 Å². The van der Waals surface area contributed by atoms with Crippen LogP contribution in [-0.4, -0.2) is 39.2 Å². The van der Waals surface area contributed by atoms with Crippen LogP contribution in [-0.2, 0) is 4.43 Å². The number of aliphatic hydroxyl groups is 1. The Labute approximate surface area is 294 Å². The maximum atomic E-state index is 11.4. The van der Waals surface area contributed by atoms with Crippen molar-refractivity contribution in [2.75, 3.05) is 6.61 Å². The molecule has 5 fully saturated rings. The first-order valence-corrected chi connectivity index (χ1v) is 25.8. The lowest BCUT2D eigenvalue weighted by Gasteiger charge is -2.73. The Balaban J connectivity index is 1.53. The van der Waals surface area contributed by atoms with E-state index in [1.54, 1.807) is 0 Å². The fourth-order valence-electron chi connectivity index (χ4n) is 13.3. The van der Waals surface area contributed by atoms with Crippen LogP contribution in [0.3, 0.4) is 0 Å². The first-order valence-electron chi connectivity index (χ1n) is 19.9. The summed E-state index contributed by atoms with van der Waals surface area (Å²) in [4.78, 5) is 11.4. The van der Waals surface area contributed by atoms with Gasteiger partial charge in [0.05, 0.1) is 6.10 Å². The van der Waals surface area contributed by atoms with Gasteiger partial charge in [-0.2, -0.15) is 0 Å². The minimum Gasteiger partial charge on any atom is -0.432 e. The van der Waals surface area contributed by atoms with Crippen molar-refractivity contribution in [1.82, 2.24) is 0 Å². The zero-order valence-electron chi connectivity index (χ0n) is 33.7. The van der Waals surface area contributed by atoms with Crippen LogP contribution in [0, 0.1) is 56.7 Å². The van der Waals surface area contributed by atoms with Crippen molar-refractivity contribution in [3.63, 3.8) is 0 Å².